The van der Waals surface area contributed by atoms with E-state index in [0.717, 1.165) is 47.6 Å². The van der Waals surface area contributed by atoms with Crippen LogP contribution in [0, 0.1) is 0 Å². The molecule has 33 heavy (non-hydrogen) atoms. The number of benzene rings is 1. The first-order valence-corrected chi connectivity index (χ1v) is 11.3. The van der Waals surface area contributed by atoms with Crippen molar-refractivity contribution in [1.29, 1.82) is 0 Å². The Morgan fingerprint density at radius 1 is 1.24 bits per heavy atom. The van der Waals surface area contributed by atoms with Crippen molar-refractivity contribution in [2.75, 3.05) is 16.8 Å². The molecule has 0 fully saturated rings. The predicted octanol–water partition coefficient (Wildman–Crippen LogP) is 3.92. The number of nitrogens with zero attached hydrogens (tertiary/aromatic N) is 4. The molecule has 3 N–H and O–H groups in total. The number of urea groups is 1. The number of fused-ring (bicyclic) bond motifs is 2. The van der Waals surface area contributed by atoms with Crippen LogP contribution in [-0.2, 0) is 24.8 Å². The smallest absolute Gasteiger partial charge is 0.327 e. The topological polar surface area (TPSA) is 108 Å². The molecule has 0 aliphatic carbocycles. The molecule has 2 aromatic heterocycles. The van der Waals surface area contributed by atoms with Gasteiger partial charge < -0.3 is 10.1 Å². The molecule has 1 aromatic carbocycles. The standard InChI is InChI=1S/C24H29N7O2/c1-14-9-17-18(12-25-14)26-13-27-22(17)33-16-5-6-19-15(10-16)7-8-31(19)23(32)28-21-11-20(29-30-21)24(2,3)4/h5-6,10-11,13-14,25H,7-9,12H2,1-4H3,(H2,28,29,30,32). The number of ether oxygens (including phenoxy) is 1. The minimum atomic E-state index is -0.194. The van der Waals surface area contributed by atoms with Crippen molar-refractivity contribution in [3.8, 4) is 11.6 Å². The van der Waals surface area contributed by atoms with Crippen LogP contribution in [0.5, 0.6) is 11.6 Å². The monoisotopic (exact) mass is 447 g/mol. The third-order valence-corrected chi connectivity index (χ3v) is 6.15. The van der Waals surface area contributed by atoms with Crippen LogP contribution in [0.3, 0.4) is 0 Å². The summed E-state index contributed by atoms with van der Waals surface area (Å²) < 4.78 is 6.16. The van der Waals surface area contributed by atoms with Gasteiger partial charge in [-0.1, -0.05) is 20.8 Å². The van der Waals surface area contributed by atoms with Crippen molar-refractivity contribution in [3.63, 3.8) is 0 Å². The number of aromatic amines is 1. The second-order valence-corrected chi connectivity index (χ2v) is 9.73. The molecule has 0 radical (unpaired) electrons. The van der Waals surface area contributed by atoms with E-state index in [1.165, 1.54) is 0 Å². The van der Waals surface area contributed by atoms with Gasteiger partial charge in [0, 0.05) is 47.6 Å². The molecule has 4 heterocycles. The molecule has 9 nitrogen and oxygen atoms in total. The van der Waals surface area contributed by atoms with E-state index in [9.17, 15) is 4.79 Å². The molecular formula is C24H29N7O2. The fourth-order valence-electron chi connectivity index (χ4n) is 4.24. The van der Waals surface area contributed by atoms with E-state index in [2.05, 4.69) is 58.5 Å². The number of rotatable bonds is 3. The predicted molar refractivity (Wildman–Crippen MR) is 126 cm³/mol. The average Bonchev–Trinajstić information content (AvgIpc) is 3.41. The first-order valence-electron chi connectivity index (χ1n) is 11.3. The highest BCUT2D eigenvalue weighted by atomic mass is 16.5. The van der Waals surface area contributed by atoms with Gasteiger partial charge in [0.05, 0.1) is 5.69 Å². The number of amides is 2. The molecule has 5 rings (SSSR count). The molecule has 1 atom stereocenters. The summed E-state index contributed by atoms with van der Waals surface area (Å²) in [6.07, 6.45) is 3.14. The highest BCUT2D eigenvalue weighted by Gasteiger charge is 2.27. The number of anilines is 2. The summed E-state index contributed by atoms with van der Waals surface area (Å²) in [7, 11) is 0. The lowest BCUT2D eigenvalue weighted by Gasteiger charge is -2.23. The van der Waals surface area contributed by atoms with Crippen molar-refractivity contribution in [3.05, 3.63) is 53.1 Å². The summed E-state index contributed by atoms with van der Waals surface area (Å²) in [5.74, 6) is 1.84. The third kappa shape index (κ3) is 4.28. The van der Waals surface area contributed by atoms with Crippen LogP contribution in [0.4, 0.5) is 16.3 Å². The second-order valence-electron chi connectivity index (χ2n) is 9.73. The van der Waals surface area contributed by atoms with Gasteiger partial charge in [-0.15, -0.1) is 0 Å². The lowest BCUT2D eigenvalue weighted by Crippen LogP contribution is -2.33. The van der Waals surface area contributed by atoms with Gasteiger partial charge in [0.2, 0.25) is 5.88 Å². The third-order valence-electron chi connectivity index (χ3n) is 6.15. The number of hydrogen-bond acceptors (Lipinski definition) is 6. The molecule has 2 aliphatic heterocycles. The van der Waals surface area contributed by atoms with E-state index < -0.39 is 0 Å². The minimum absolute atomic E-state index is 0.0654. The van der Waals surface area contributed by atoms with Crippen LogP contribution in [0.25, 0.3) is 0 Å². The molecular weight excluding hydrogens is 418 g/mol. The molecule has 172 valence electrons. The van der Waals surface area contributed by atoms with Crippen LogP contribution < -0.4 is 20.3 Å². The zero-order valence-electron chi connectivity index (χ0n) is 19.4. The number of carbonyl (C=O) groups excluding carboxylic acids is 1. The molecule has 0 saturated carbocycles. The number of nitrogens with one attached hydrogen (secondary N) is 3. The fraction of sp³-hybridized carbons (Fsp3) is 0.417. The number of hydrogen-bond donors (Lipinski definition) is 3. The minimum Gasteiger partial charge on any atom is -0.439 e. The Labute approximate surface area is 193 Å². The molecule has 0 spiro atoms. The van der Waals surface area contributed by atoms with Crippen molar-refractivity contribution in [1.82, 2.24) is 25.5 Å². The summed E-state index contributed by atoms with van der Waals surface area (Å²) in [4.78, 5) is 23.4. The maximum Gasteiger partial charge on any atom is 0.327 e. The van der Waals surface area contributed by atoms with Crippen molar-refractivity contribution in [2.45, 2.75) is 58.5 Å². The summed E-state index contributed by atoms with van der Waals surface area (Å²) >= 11 is 0. The number of aromatic nitrogens is 4. The first-order chi connectivity index (χ1) is 15.8. The Morgan fingerprint density at radius 2 is 2.09 bits per heavy atom. The number of carbonyl (C=O) groups is 1. The quantitative estimate of drug-likeness (QED) is 0.562. The zero-order chi connectivity index (χ0) is 23.2. The van der Waals surface area contributed by atoms with Crippen molar-refractivity contribution >= 4 is 17.5 Å². The molecule has 2 amide bonds. The van der Waals surface area contributed by atoms with Gasteiger partial charge in [0.1, 0.15) is 12.1 Å². The van der Waals surface area contributed by atoms with E-state index in [1.54, 1.807) is 11.2 Å². The van der Waals surface area contributed by atoms with E-state index in [1.807, 2.05) is 24.3 Å². The van der Waals surface area contributed by atoms with Crippen LogP contribution in [0.2, 0.25) is 0 Å². The summed E-state index contributed by atoms with van der Waals surface area (Å²) in [6, 6.07) is 7.85. The SMILES string of the molecule is CC1Cc2c(ncnc2Oc2ccc3c(c2)CCN3C(=O)Nc2cc(C(C)(C)C)[nH]n2)CN1. The van der Waals surface area contributed by atoms with Gasteiger partial charge in [-0.25, -0.2) is 14.8 Å². The highest BCUT2D eigenvalue weighted by Crippen LogP contribution is 2.34. The van der Waals surface area contributed by atoms with Gasteiger partial charge in [-0.3, -0.25) is 15.3 Å². The lowest BCUT2D eigenvalue weighted by atomic mass is 9.92. The molecule has 3 aromatic rings. The Kier molecular flexibility index (Phi) is 5.28. The van der Waals surface area contributed by atoms with E-state index in [-0.39, 0.29) is 11.4 Å². The second kappa shape index (κ2) is 8.15. The fourth-order valence-corrected chi connectivity index (χ4v) is 4.24. The molecule has 2 aliphatic rings. The van der Waals surface area contributed by atoms with Crippen LogP contribution >= 0.6 is 0 Å². The summed E-state index contributed by atoms with van der Waals surface area (Å²) in [5, 5.41) is 13.5. The normalized spacial score (nSPS) is 17.5. The molecule has 1 unspecified atom stereocenters. The van der Waals surface area contributed by atoms with E-state index in [4.69, 9.17) is 4.74 Å². The average molecular weight is 448 g/mol. The maximum absolute atomic E-state index is 12.9. The Bertz CT molecular complexity index is 1200. The van der Waals surface area contributed by atoms with E-state index in [0.29, 0.717) is 30.0 Å². The Hall–Kier alpha value is -3.46. The summed E-state index contributed by atoms with van der Waals surface area (Å²) in [6.45, 7) is 9.75. The highest BCUT2D eigenvalue weighted by molar-refractivity contribution is 6.02. The van der Waals surface area contributed by atoms with Gasteiger partial charge in [-0.05, 0) is 43.5 Å². The van der Waals surface area contributed by atoms with Crippen LogP contribution in [0.1, 0.15) is 50.2 Å². The van der Waals surface area contributed by atoms with Gasteiger partial charge in [0.25, 0.3) is 0 Å². The Balaban J connectivity index is 1.31. The largest absolute Gasteiger partial charge is 0.439 e. The van der Waals surface area contributed by atoms with Crippen LogP contribution in [0.15, 0.2) is 30.6 Å². The summed E-state index contributed by atoms with van der Waals surface area (Å²) in [5.41, 5.74) is 4.89. The maximum atomic E-state index is 12.9. The first kappa shape index (κ1) is 21.4. The Morgan fingerprint density at radius 3 is 2.88 bits per heavy atom. The van der Waals surface area contributed by atoms with Gasteiger partial charge >= 0.3 is 6.03 Å². The molecule has 9 heteroatoms. The molecule has 0 bridgehead atoms. The van der Waals surface area contributed by atoms with Gasteiger partial charge in [0.15, 0.2) is 5.82 Å². The van der Waals surface area contributed by atoms with Crippen molar-refractivity contribution in [2.24, 2.45) is 0 Å². The number of H-pyrrole nitrogens is 1. The van der Waals surface area contributed by atoms with Crippen molar-refractivity contribution < 1.29 is 9.53 Å². The van der Waals surface area contributed by atoms with Gasteiger partial charge in [-0.2, -0.15) is 5.10 Å². The van der Waals surface area contributed by atoms with Crippen LogP contribution in [-0.4, -0.2) is 38.8 Å². The molecule has 0 saturated heterocycles. The zero-order valence-corrected chi connectivity index (χ0v) is 19.4. The van der Waals surface area contributed by atoms with E-state index >= 15 is 0 Å². The lowest BCUT2D eigenvalue weighted by molar-refractivity contribution is 0.257.